The maximum atomic E-state index is 13.0. The molecule has 1 heterocycles. The number of carbonyl (C=O) groups is 1. The number of rotatable bonds is 5. The molecule has 2 aromatic rings. The third-order valence-corrected chi connectivity index (χ3v) is 2.96. The van der Waals surface area contributed by atoms with E-state index >= 15 is 0 Å². The van der Waals surface area contributed by atoms with E-state index in [0.29, 0.717) is 11.6 Å². The summed E-state index contributed by atoms with van der Waals surface area (Å²) in [6.07, 6.45) is -0.746. The van der Waals surface area contributed by atoms with Crippen LogP contribution in [0.1, 0.15) is 24.3 Å². The Bertz CT molecular complexity index is 620. The number of oxazole rings is 1. The highest BCUT2D eigenvalue weighted by atomic mass is 19.1. The van der Waals surface area contributed by atoms with Gasteiger partial charge in [0.1, 0.15) is 17.3 Å². The molecule has 1 N–H and O–H groups in total. The lowest BCUT2D eigenvalue weighted by Crippen LogP contribution is -2.36. The normalized spacial score (nSPS) is 12.0. The van der Waals surface area contributed by atoms with Crippen molar-refractivity contribution in [1.82, 2.24) is 10.3 Å². The van der Waals surface area contributed by atoms with Gasteiger partial charge in [0.15, 0.2) is 6.10 Å². The van der Waals surface area contributed by atoms with Crippen molar-refractivity contribution in [3.63, 3.8) is 0 Å². The van der Waals surface area contributed by atoms with E-state index in [4.69, 9.17) is 9.15 Å². The van der Waals surface area contributed by atoms with Crippen LogP contribution in [0.15, 0.2) is 28.7 Å². The molecule has 0 fully saturated rings. The van der Waals surface area contributed by atoms with E-state index in [0.717, 1.165) is 11.5 Å². The summed E-state index contributed by atoms with van der Waals surface area (Å²) in [5.41, 5.74) is 0.795. The van der Waals surface area contributed by atoms with Gasteiger partial charge in [0, 0.05) is 6.07 Å². The number of nitrogens with zero attached hydrogens (tertiary/aromatic N) is 1. The fraction of sp³-hybridized carbons (Fsp3) is 0.333. The summed E-state index contributed by atoms with van der Waals surface area (Å²) >= 11 is 0. The largest absolute Gasteiger partial charge is 0.481 e. The first-order valence-electron chi connectivity index (χ1n) is 6.58. The van der Waals surface area contributed by atoms with Gasteiger partial charge in [-0.3, -0.25) is 4.79 Å². The van der Waals surface area contributed by atoms with Crippen molar-refractivity contribution in [2.24, 2.45) is 0 Å². The summed E-state index contributed by atoms with van der Waals surface area (Å²) < 4.78 is 23.8. The zero-order valence-electron chi connectivity index (χ0n) is 12.1. The Balaban J connectivity index is 1.87. The minimum absolute atomic E-state index is 0.185. The molecule has 5 nitrogen and oxygen atoms in total. The van der Waals surface area contributed by atoms with Gasteiger partial charge in [0.05, 0.1) is 12.2 Å². The highest BCUT2D eigenvalue weighted by Gasteiger charge is 2.16. The van der Waals surface area contributed by atoms with Crippen LogP contribution in [-0.4, -0.2) is 17.0 Å². The molecular formula is C15H17FN2O3. The molecule has 0 saturated heterocycles. The van der Waals surface area contributed by atoms with Crippen LogP contribution in [-0.2, 0) is 11.3 Å². The van der Waals surface area contributed by atoms with E-state index in [-0.39, 0.29) is 12.5 Å². The Kier molecular flexibility index (Phi) is 4.57. The fourth-order valence-corrected chi connectivity index (χ4v) is 1.72. The van der Waals surface area contributed by atoms with E-state index in [9.17, 15) is 9.18 Å². The van der Waals surface area contributed by atoms with Gasteiger partial charge in [-0.2, -0.15) is 0 Å². The summed E-state index contributed by atoms with van der Waals surface area (Å²) in [6, 6.07) is 5.65. The first kappa shape index (κ1) is 15.0. The van der Waals surface area contributed by atoms with Crippen LogP contribution >= 0.6 is 0 Å². The number of nitrogens with one attached hydrogen (secondary N) is 1. The number of benzene rings is 1. The number of carbonyl (C=O) groups excluding carboxylic acids is 1. The first-order valence-corrected chi connectivity index (χ1v) is 6.58. The number of hydrogen-bond donors (Lipinski definition) is 1. The molecule has 0 radical (unpaired) electrons. The molecule has 0 spiro atoms. The van der Waals surface area contributed by atoms with Crippen LogP contribution in [0.3, 0.4) is 0 Å². The number of halogens is 1. The van der Waals surface area contributed by atoms with Gasteiger partial charge in [-0.15, -0.1) is 0 Å². The Labute approximate surface area is 122 Å². The zero-order chi connectivity index (χ0) is 15.4. The molecule has 112 valence electrons. The minimum Gasteiger partial charge on any atom is -0.481 e. The molecule has 1 atom stereocenters. The zero-order valence-corrected chi connectivity index (χ0v) is 12.1. The SMILES string of the molecule is Cc1nc(CNC(=O)C(C)Oc2cccc(F)c2)oc1C. The molecule has 21 heavy (non-hydrogen) atoms. The molecule has 1 aromatic heterocycles. The van der Waals surface area contributed by atoms with E-state index in [1.54, 1.807) is 13.0 Å². The van der Waals surface area contributed by atoms with Crippen LogP contribution in [0.4, 0.5) is 4.39 Å². The van der Waals surface area contributed by atoms with Crippen LogP contribution in [0.5, 0.6) is 5.75 Å². The Morgan fingerprint density at radius 2 is 2.24 bits per heavy atom. The highest BCUT2D eigenvalue weighted by molar-refractivity contribution is 5.80. The molecule has 1 aromatic carbocycles. The molecule has 2 rings (SSSR count). The predicted octanol–water partition coefficient (Wildman–Crippen LogP) is 2.51. The van der Waals surface area contributed by atoms with Crippen molar-refractivity contribution in [1.29, 1.82) is 0 Å². The molecular weight excluding hydrogens is 275 g/mol. The monoisotopic (exact) mass is 292 g/mol. The van der Waals surface area contributed by atoms with Crippen molar-refractivity contribution in [2.45, 2.75) is 33.4 Å². The van der Waals surface area contributed by atoms with Crippen LogP contribution < -0.4 is 10.1 Å². The lowest BCUT2D eigenvalue weighted by Gasteiger charge is -2.14. The molecule has 1 amide bonds. The van der Waals surface area contributed by atoms with Gasteiger partial charge in [-0.05, 0) is 32.9 Å². The molecule has 0 bridgehead atoms. The lowest BCUT2D eigenvalue weighted by atomic mass is 10.3. The lowest BCUT2D eigenvalue weighted by molar-refractivity contribution is -0.127. The highest BCUT2D eigenvalue weighted by Crippen LogP contribution is 2.14. The van der Waals surface area contributed by atoms with Gasteiger partial charge >= 0.3 is 0 Å². The van der Waals surface area contributed by atoms with Crippen LogP contribution in [0.25, 0.3) is 0 Å². The number of amides is 1. The second-order valence-electron chi connectivity index (χ2n) is 4.68. The molecule has 0 saturated carbocycles. The average Bonchev–Trinajstić information content (AvgIpc) is 2.75. The predicted molar refractivity (Wildman–Crippen MR) is 74.3 cm³/mol. The number of aromatic nitrogens is 1. The smallest absolute Gasteiger partial charge is 0.261 e. The Morgan fingerprint density at radius 1 is 1.48 bits per heavy atom. The third kappa shape index (κ3) is 4.05. The van der Waals surface area contributed by atoms with Gasteiger partial charge in [-0.1, -0.05) is 6.07 Å². The number of ether oxygens (including phenoxy) is 1. The van der Waals surface area contributed by atoms with Crippen molar-refractivity contribution in [3.8, 4) is 5.75 Å². The van der Waals surface area contributed by atoms with E-state index in [1.165, 1.54) is 18.2 Å². The summed E-state index contributed by atoms with van der Waals surface area (Å²) in [7, 11) is 0. The Hall–Kier alpha value is -2.37. The summed E-state index contributed by atoms with van der Waals surface area (Å²) in [6.45, 7) is 5.42. The van der Waals surface area contributed by atoms with Gasteiger partial charge in [-0.25, -0.2) is 9.37 Å². The maximum absolute atomic E-state index is 13.0. The Morgan fingerprint density at radius 3 is 2.86 bits per heavy atom. The second-order valence-corrected chi connectivity index (χ2v) is 4.68. The molecule has 6 heteroatoms. The summed E-state index contributed by atoms with van der Waals surface area (Å²) in [5, 5.41) is 2.66. The van der Waals surface area contributed by atoms with E-state index < -0.39 is 11.9 Å². The van der Waals surface area contributed by atoms with Crippen molar-refractivity contribution in [3.05, 3.63) is 47.4 Å². The number of hydrogen-bond acceptors (Lipinski definition) is 4. The number of aryl methyl sites for hydroxylation is 2. The maximum Gasteiger partial charge on any atom is 0.261 e. The third-order valence-electron chi connectivity index (χ3n) is 2.96. The average molecular weight is 292 g/mol. The fourth-order valence-electron chi connectivity index (χ4n) is 1.72. The van der Waals surface area contributed by atoms with Gasteiger partial charge < -0.3 is 14.5 Å². The summed E-state index contributed by atoms with van der Waals surface area (Å²) in [5.74, 6) is 0.735. The van der Waals surface area contributed by atoms with Crippen LogP contribution in [0, 0.1) is 19.7 Å². The molecule has 0 aliphatic heterocycles. The van der Waals surface area contributed by atoms with Crippen molar-refractivity contribution in [2.75, 3.05) is 0 Å². The van der Waals surface area contributed by atoms with Crippen LogP contribution in [0.2, 0.25) is 0 Å². The molecule has 1 unspecified atom stereocenters. The quantitative estimate of drug-likeness (QED) is 0.919. The molecule has 0 aliphatic rings. The summed E-state index contributed by atoms with van der Waals surface area (Å²) in [4.78, 5) is 16.1. The van der Waals surface area contributed by atoms with Gasteiger partial charge in [0.25, 0.3) is 5.91 Å². The first-order chi connectivity index (χ1) is 9.95. The topological polar surface area (TPSA) is 64.4 Å². The standard InChI is InChI=1S/C15H17FN2O3/c1-9-10(2)21-14(18-9)8-17-15(19)11(3)20-13-6-4-5-12(16)7-13/h4-7,11H,8H2,1-3H3,(H,17,19). The van der Waals surface area contributed by atoms with Crippen molar-refractivity contribution < 1.29 is 18.3 Å². The minimum atomic E-state index is -0.746. The van der Waals surface area contributed by atoms with Crippen molar-refractivity contribution >= 4 is 5.91 Å². The van der Waals surface area contributed by atoms with E-state index in [2.05, 4.69) is 10.3 Å². The van der Waals surface area contributed by atoms with Gasteiger partial charge in [0.2, 0.25) is 5.89 Å². The second kappa shape index (κ2) is 6.39. The molecule has 0 aliphatic carbocycles. The van der Waals surface area contributed by atoms with E-state index in [1.807, 2.05) is 13.8 Å².